The number of hydrogen-bond donors (Lipinski definition) is 1. The van der Waals surface area contributed by atoms with E-state index in [2.05, 4.69) is 58.4 Å². The first-order valence-electron chi connectivity index (χ1n) is 14.1. The summed E-state index contributed by atoms with van der Waals surface area (Å²) >= 11 is 0. The Labute approximate surface area is 235 Å². The number of morpholine rings is 2. The van der Waals surface area contributed by atoms with Gasteiger partial charge in [0.25, 0.3) is 0 Å². The number of benzene rings is 3. The molecule has 2 saturated heterocycles. The van der Waals surface area contributed by atoms with Gasteiger partial charge >= 0.3 is 0 Å². The Kier molecular flexibility index (Phi) is 8.09. The second kappa shape index (κ2) is 12.2. The molecule has 0 saturated carbocycles. The second-order valence-electron chi connectivity index (χ2n) is 10.3. The van der Waals surface area contributed by atoms with E-state index in [4.69, 9.17) is 24.2 Å². The normalized spacial score (nSPS) is 16.3. The van der Waals surface area contributed by atoms with E-state index >= 15 is 0 Å². The van der Waals surface area contributed by atoms with Crippen LogP contribution >= 0.6 is 0 Å². The maximum Gasteiger partial charge on any atom is 0.162 e. The van der Waals surface area contributed by atoms with Gasteiger partial charge < -0.3 is 24.4 Å². The monoisotopic (exact) mass is 539 g/mol. The average Bonchev–Trinajstić information content (AvgIpc) is 3.01. The first-order chi connectivity index (χ1) is 19.7. The van der Waals surface area contributed by atoms with Crippen molar-refractivity contribution < 1.29 is 14.2 Å². The van der Waals surface area contributed by atoms with Crippen LogP contribution in [-0.4, -0.2) is 87.7 Å². The number of anilines is 2. The molecule has 0 bridgehead atoms. The standard InChI is InChI=1S/C32H37N5O3/c1-23-21-25(6-10-30(23)37-15-19-40-20-16-37)26-5-9-29-28(22-26)32(33-11-12-36-13-17-39-18-14-36)35-31(34-29)24-3-7-27(38-2)8-4-24/h3-10,21-22H,11-20H2,1-2H3,(H,33,34,35). The van der Waals surface area contributed by atoms with Gasteiger partial charge in [-0.2, -0.15) is 0 Å². The first-order valence-corrected chi connectivity index (χ1v) is 14.1. The van der Waals surface area contributed by atoms with Gasteiger partial charge in [0.1, 0.15) is 11.6 Å². The van der Waals surface area contributed by atoms with Crippen molar-refractivity contribution in [3.05, 3.63) is 66.2 Å². The highest BCUT2D eigenvalue weighted by molar-refractivity contribution is 5.94. The van der Waals surface area contributed by atoms with Crippen LogP contribution in [0.2, 0.25) is 0 Å². The molecule has 1 N–H and O–H groups in total. The molecule has 2 aliphatic heterocycles. The molecule has 0 atom stereocenters. The molecule has 0 aliphatic carbocycles. The highest BCUT2D eigenvalue weighted by Crippen LogP contribution is 2.32. The lowest BCUT2D eigenvalue weighted by atomic mass is 10.00. The summed E-state index contributed by atoms with van der Waals surface area (Å²) in [5, 5.41) is 4.65. The molecule has 0 unspecified atom stereocenters. The molecule has 6 rings (SSSR count). The number of ether oxygens (including phenoxy) is 3. The van der Waals surface area contributed by atoms with Gasteiger partial charge in [0.15, 0.2) is 5.82 Å². The number of aromatic nitrogens is 2. The number of nitrogens with zero attached hydrogens (tertiary/aromatic N) is 4. The third kappa shape index (κ3) is 5.89. The number of rotatable bonds is 8. The lowest BCUT2D eigenvalue weighted by Crippen LogP contribution is -2.39. The van der Waals surface area contributed by atoms with Crippen molar-refractivity contribution in [1.82, 2.24) is 14.9 Å². The Balaban J connectivity index is 1.32. The van der Waals surface area contributed by atoms with Crippen molar-refractivity contribution in [2.75, 3.05) is 83.0 Å². The minimum Gasteiger partial charge on any atom is -0.497 e. The van der Waals surface area contributed by atoms with Crippen molar-refractivity contribution in [3.63, 3.8) is 0 Å². The molecule has 40 heavy (non-hydrogen) atoms. The fourth-order valence-electron chi connectivity index (χ4n) is 5.46. The maximum atomic E-state index is 5.54. The topological polar surface area (TPSA) is 72.0 Å². The molecule has 0 amide bonds. The number of methoxy groups -OCH3 is 1. The zero-order valence-electron chi connectivity index (χ0n) is 23.4. The van der Waals surface area contributed by atoms with Crippen LogP contribution in [0.3, 0.4) is 0 Å². The van der Waals surface area contributed by atoms with Crippen molar-refractivity contribution in [1.29, 1.82) is 0 Å². The Morgan fingerprint density at radius 2 is 1.48 bits per heavy atom. The van der Waals surface area contributed by atoms with Gasteiger partial charge in [-0.05, 0) is 72.1 Å². The Morgan fingerprint density at radius 1 is 0.800 bits per heavy atom. The zero-order valence-corrected chi connectivity index (χ0v) is 23.4. The van der Waals surface area contributed by atoms with E-state index in [9.17, 15) is 0 Å². The minimum atomic E-state index is 0.697. The van der Waals surface area contributed by atoms with E-state index in [0.717, 1.165) is 99.3 Å². The molecule has 8 heteroatoms. The molecule has 2 aliphatic rings. The summed E-state index contributed by atoms with van der Waals surface area (Å²) in [5.74, 6) is 2.36. The van der Waals surface area contributed by atoms with Gasteiger partial charge in [-0.1, -0.05) is 12.1 Å². The van der Waals surface area contributed by atoms with Gasteiger partial charge in [0.2, 0.25) is 0 Å². The van der Waals surface area contributed by atoms with Gasteiger partial charge in [0.05, 0.1) is 39.1 Å². The van der Waals surface area contributed by atoms with E-state index in [-0.39, 0.29) is 0 Å². The predicted molar refractivity (Wildman–Crippen MR) is 160 cm³/mol. The van der Waals surface area contributed by atoms with Crippen molar-refractivity contribution in [3.8, 4) is 28.3 Å². The summed E-state index contributed by atoms with van der Waals surface area (Å²) in [6.07, 6.45) is 0. The van der Waals surface area contributed by atoms with E-state index in [1.54, 1.807) is 7.11 Å². The number of aryl methyl sites for hydroxylation is 1. The average molecular weight is 540 g/mol. The van der Waals surface area contributed by atoms with Crippen LogP contribution in [-0.2, 0) is 9.47 Å². The highest BCUT2D eigenvalue weighted by atomic mass is 16.5. The molecule has 2 fully saturated rings. The summed E-state index contributed by atoms with van der Waals surface area (Å²) in [5.41, 5.74) is 6.77. The minimum absolute atomic E-state index is 0.697. The first kappa shape index (κ1) is 26.5. The lowest BCUT2D eigenvalue weighted by Gasteiger charge is -2.30. The third-order valence-electron chi connectivity index (χ3n) is 7.75. The van der Waals surface area contributed by atoms with E-state index in [1.807, 2.05) is 24.3 Å². The zero-order chi connectivity index (χ0) is 27.3. The van der Waals surface area contributed by atoms with Gasteiger partial charge in [-0.15, -0.1) is 0 Å². The molecular weight excluding hydrogens is 502 g/mol. The van der Waals surface area contributed by atoms with E-state index in [0.29, 0.717) is 5.82 Å². The fourth-order valence-corrected chi connectivity index (χ4v) is 5.46. The van der Waals surface area contributed by atoms with Crippen LogP contribution in [0.5, 0.6) is 5.75 Å². The predicted octanol–water partition coefficient (Wildman–Crippen LogP) is 4.86. The molecule has 1 aromatic heterocycles. The number of nitrogens with one attached hydrogen (secondary N) is 1. The smallest absolute Gasteiger partial charge is 0.162 e. The summed E-state index contributed by atoms with van der Waals surface area (Å²) in [4.78, 5) is 14.8. The quantitative estimate of drug-likeness (QED) is 0.340. The van der Waals surface area contributed by atoms with Crippen LogP contribution < -0.4 is 15.0 Å². The Hall–Kier alpha value is -3.72. The molecule has 0 radical (unpaired) electrons. The van der Waals surface area contributed by atoms with E-state index in [1.165, 1.54) is 16.8 Å². The SMILES string of the molecule is COc1ccc(-c2nc(NCCN3CCOCC3)c3cc(-c4ccc(N5CCOCC5)c(C)c4)ccc3n2)cc1. The van der Waals surface area contributed by atoms with Crippen LogP contribution in [0, 0.1) is 6.92 Å². The van der Waals surface area contributed by atoms with E-state index < -0.39 is 0 Å². The maximum absolute atomic E-state index is 5.54. The summed E-state index contributed by atoms with van der Waals surface area (Å²) in [7, 11) is 1.67. The van der Waals surface area contributed by atoms with Crippen LogP contribution in [0.25, 0.3) is 33.4 Å². The molecule has 8 nitrogen and oxygen atoms in total. The summed E-state index contributed by atoms with van der Waals surface area (Å²) in [6.45, 7) is 10.9. The van der Waals surface area contributed by atoms with Gasteiger partial charge in [-0.25, -0.2) is 9.97 Å². The molecule has 0 spiro atoms. The Bertz CT molecular complexity index is 1450. The van der Waals surface area contributed by atoms with Crippen LogP contribution in [0.4, 0.5) is 11.5 Å². The van der Waals surface area contributed by atoms with Crippen molar-refractivity contribution >= 4 is 22.4 Å². The molecule has 3 heterocycles. The highest BCUT2D eigenvalue weighted by Gasteiger charge is 2.16. The Morgan fingerprint density at radius 3 is 2.20 bits per heavy atom. The third-order valence-corrected chi connectivity index (χ3v) is 7.75. The van der Waals surface area contributed by atoms with Crippen LogP contribution in [0.1, 0.15) is 5.56 Å². The number of fused-ring (bicyclic) bond motifs is 1. The second-order valence-corrected chi connectivity index (χ2v) is 10.3. The lowest BCUT2D eigenvalue weighted by molar-refractivity contribution is 0.0398. The largest absolute Gasteiger partial charge is 0.497 e. The molecule has 3 aromatic carbocycles. The van der Waals surface area contributed by atoms with Gasteiger partial charge in [0, 0.05) is 55.9 Å². The van der Waals surface area contributed by atoms with Crippen LogP contribution in [0.15, 0.2) is 60.7 Å². The molecule has 4 aromatic rings. The summed E-state index contributed by atoms with van der Waals surface area (Å²) < 4.78 is 16.4. The fraction of sp³-hybridized carbons (Fsp3) is 0.375. The molecular formula is C32H37N5O3. The van der Waals surface area contributed by atoms with Crippen molar-refractivity contribution in [2.24, 2.45) is 0 Å². The summed E-state index contributed by atoms with van der Waals surface area (Å²) in [6, 6.07) is 21.1. The number of hydrogen-bond acceptors (Lipinski definition) is 8. The molecule has 208 valence electrons. The van der Waals surface area contributed by atoms with Gasteiger partial charge in [-0.3, -0.25) is 4.90 Å². The van der Waals surface area contributed by atoms with Crippen molar-refractivity contribution in [2.45, 2.75) is 6.92 Å².